The minimum absolute atomic E-state index is 0.157. The number of piperidine rings is 1. The molecule has 6 nitrogen and oxygen atoms in total. The normalized spacial score (nSPS) is 19.6. The number of rotatable bonds is 5. The standard InChI is InChI=1S/C22H25F3N4O2S/c1-17-21(9-12-28(13-10-21)32(30,31)19-5-3-2-4-6-19)11-14-29(17)18-15-26-20(27-16-18)7-8-22(23,24)25/h2-6,15-16H,1,7-14H2. The highest BCUT2D eigenvalue weighted by atomic mass is 32.2. The summed E-state index contributed by atoms with van der Waals surface area (Å²) >= 11 is 0. The molecule has 1 aromatic carbocycles. The van der Waals surface area contributed by atoms with Gasteiger partial charge in [-0.3, -0.25) is 0 Å². The monoisotopic (exact) mass is 466 g/mol. The van der Waals surface area contributed by atoms with Crippen LogP contribution in [0.3, 0.4) is 0 Å². The summed E-state index contributed by atoms with van der Waals surface area (Å²) < 4.78 is 64.6. The fraction of sp³-hybridized carbons (Fsp3) is 0.455. The van der Waals surface area contributed by atoms with Crippen LogP contribution in [0.5, 0.6) is 0 Å². The van der Waals surface area contributed by atoms with E-state index in [0.29, 0.717) is 43.1 Å². The highest BCUT2D eigenvalue weighted by Gasteiger charge is 2.46. The van der Waals surface area contributed by atoms with Crippen LogP contribution in [-0.4, -0.2) is 48.5 Å². The summed E-state index contributed by atoms with van der Waals surface area (Å²) in [5.74, 6) is 0.157. The molecule has 0 N–H and O–H groups in total. The number of halogens is 3. The first kappa shape index (κ1) is 22.7. The third-order valence-electron chi connectivity index (χ3n) is 6.45. The number of hydrogen-bond donors (Lipinski definition) is 0. The molecule has 0 radical (unpaired) electrons. The second kappa shape index (κ2) is 8.47. The van der Waals surface area contributed by atoms with E-state index < -0.39 is 22.6 Å². The van der Waals surface area contributed by atoms with E-state index in [4.69, 9.17) is 0 Å². The van der Waals surface area contributed by atoms with Crippen molar-refractivity contribution in [2.75, 3.05) is 24.5 Å². The molecule has 32 heavy (non-hydrogen) atoms. The van der Waals surface area contributed by atoms with Crippen LogP contribution < -0.4 is 4.90 Å². The summed E-state index contributed by atoms with van der Waals surface area (Å²) in [6.07, 6.45) is -0.191. The molecule has 1 spiro atoms. The molecular weight excluding hydrogens is 441 g/mol. The zero-order chi connectivity index (χ0) is 23.0. The molecule has 3 heterocycles. The minimum atomic E-state index is -4.24. The van der Waals surface area contributed by atoms with E-state index in [1.54, 1.807) is 30.3 Å². The van der Waals surface area contributed by atoms with Crippen LogP contribution in [-0.2, 0) is 16.4 Å². The van der Waals surface area contributed by atoms with Crippen molar-refractivity contribution in [3.63, 3.8) is 0 Å². The number of benzene rings is 1. The lowest BCUT2D eigenvalue weighted by molar-refractivity contribution is -0.134. The van der Waals surface area contributed by atoms with Crippen molar-refractivity contribution < 1.29 is 21.6 Å². The summed E-state index contributed by atoms with van der Waals surface area (Å²) in [7, 11) is -3.52. The van der Waals surface area contributed by atoms with Gasteiger partial charge in [0.15, 0.2) is 0 Å². The maximum Gasteiger partial charge on any atom is 0.389 e. The van der Waals surface area contributed by atoms with Gasteiger partial charge in [-0.2, -0.15) is 17.5 Å². The van der Waals surface area contributed by atoms with Crippen LogP contribution in [0.25, 0.3) is 0 Å². The van der Waals surface area contributed by atoms with Crippen LogP contribution in [0.1, 0.15) is 31.5 Å². The van der Waals surface area contributed by atoms with Gasteiger partial charge in [-0.1, -0.05) is 24.8 Å². The van der Waals surface area contributed by atoms with Gasteiger partial charge in [0.25, 0.3) is 0 Å². The molecule has 0 amide bonds. The molecule has 172 valence electrons. The van der Waals surface area contributed by atoms with Crippen molar-refractivity contribution in [2.24, 2.45) is 5.41 Å². The molecule has 2 aliphatic rings. The summed E-state index contributed by atoms with van der Waals surface area (Å²) in [6.45, 7) is 5.80. The lowest BCUT2D eigenvalue weighted by Gasteiger charge is -2.39. The Hall–Kier alpha value is -2.46. The Kier molecular flexibility index (Phi) is 6.02. The maximum atomic E-state index is 12.9. The van der Waals surface area contributed by atoms with E-state index in [0.717, 1.165) is 12.1 Å². The Morgan fingerprint density at radius 1 is 1.00 bits per heavy atom. The Balaban J connectivity index is 1.41. The van der Waals surface area contributed by atoms with E-state index in [1.165, 1.54) is 16.7 Å². The first-order valence-electron chi connectivity index (χ1n) is 10.5. The van der Waals surface area contributed by atoms with Gasteiger partial charge in [-0.25, -0.2) is 18.4 Å². The van der Waals surface area contributed by atoms with E-state index in [-0.39, 0.29) is 17.7 Å². The van der Waals surface area contributed by atoms with Gasteiger partial charge >= 0.3 is 6.18 Å². The predicted octanol–water partition coefficient (Wildman–Crippen LogP) is 4.17. The van der Waals surface area contributed by atoms with Crippen LogP contribution in [0, 0.1) is 5.41 Å². The average Bonchev–Trinajstić information content (AvgIpc) is 3.09. The van der Waals surface area contributed by atoms with Gasteiger partial charge in [-0.15, -0.1) is 0 Å². The van der Waals surface area contributed by atoms with Crippen molar-refractivity contribution >= 4 is 15.7 Å². The van der Waals surface area contributed by atoms with Crippen molar-refractivity contribution in [3.05, 3.63) is 60.8 Å². The lowest BCUT2D eigenvalue weighted by atomic mass is 9.76. The highest BCUT2D eigenvalue weighted by Crippen LogP contribution is 2.49. The number of allylic oxidation sites excluding steroid dienone is 1. The number of anilines is 1. The Morgan fingerprint density at radius 2 is 1.59 bits per heavy atom. The van der Waals surface area contributed by atoms with Crippen LogP contribution in [0.2, 0.25) is 0 Å². The van der Waals surface area contributed by atoms with Gasteiger partial charge in [-0.05, 0) is 31.4 Å². The third-order valence-corrected chi connectivity index (χ3v) is 8.36. The number of aromatic nitrogens is 2. The first-order valence-corrected chi connectivity index (χ1v) is 11.9. The van der Waals surface area contributed by atoms with Gasteiger partial charge in [0.1, 0.15) is 5.82 Å². The van der Waals surface area contributed by atoms with E-state index in [2.05, 4.69) is 16.5 Å². The third kappa shape index (κ3) is 4.52. The molecule has 0 bridgehead atoms. The molecule has 2 saturated heterocycles. The molecular formula is C22H25F3N4O2S. The average molecular weight is 467 g/mol. The maximum absolute atomic E-state index is 12.9. The molecule has 4 rings (SSSR count). The topological polar surface area (TPSA) is 66.4 Å². The van der Waals surface area contributed by atoms with Gasteiger partial charge in [0.05, 0.1) is 29.4 Å². The molecule has 2 aromatic rings. The quantitative estimate of drug-likeness (QED) is 0.662. The van der Waals surface area contributed by atoms with Gasteiger partial charge in [0.2, 0.25) is 10.0 Å². The van der Waals surface area contributed by atoms with E-state index >= 15 is 0 Å². The van der Waals surface area contributed by atoms with E-state index in [1.807, 2.05) is 4.90 Å². The van der Waals surface area contributed by atoms with Crippen molar-refractivity contribution in [1.82, 2.24) is 14.3 Å². The lowest BCUT2D eigenvalue weighted by Crippen LogP contribution is -2.43. The molecule has 0 atom stereocenters. The number of alkyl halides is 3. The molecule has 0 saturated carbocycles. The van der Waals surface area contributed by atoms with Crippen molar-refractivity contribution in [3.8, 4) is 0 Å². The minimum Gasteiger partial charge on any atom is -0.343 e. The Labute approximate surface area is 185 Å². The molecule has 0 aliphatic carbocycles. The summed E-state index contributed by atoms with van der Waals surface area (Å²) in [4.78, 5) is 10.5. The second-order valence-electron chi connectivity index (χ2n) is 8.32. The molecule has 2 fully saturated rings. The van der Waals surface area contributed by atoms with Crippen molar-refractivity contribution in [1.29, 1.82) is 0 Å². The van der Waals surface area contributed by atoms with E-state index in [9.17, 15) is 21.6 Å². The predicted molar refractivity (Wildman–Crippen MR) is 114 cm³/mol. The van der Waals surface area contributed by atoms with Crippen LogP contribution in [0.4, 0.5) is 18.9 Å². The smallest absolute Gasteiger partial charge is 0.343 e. The first-order chi connectivity index (χ1) is 15.1. The summed E-state index contributed by atoms with van der Waals surface area (Å²) in [5, 5.41) is 0. The second-order valence-corrected chi connectivity index (χ2v) is 10.3. The van der Waals surface area contributed by atoms with Crippen LogP contribution in [0.15, 0.2) is 59.9 Å². The van der Waals surface area contributed by atoms with Gasteiger partial charge in [0, 0.05) is 37.2 Å². The fourth-order valence-corrected chi connectivity index (χ4v) is 5.94. The molecule has 0 unspecified atom stereocenters. The number of nitrogens with zero attached hydrogens (tertiary/aromatic N) is 4. The SMILES string of the molecule is C=C1N(c2cnc(CCC(F)(F)F)nc2)CCC12CCN(S(=O)(=O)c1ccccc1)CC2. The molecule has 1 aromatic heterocycles. The van der Waals surface area contributed by atoms with Crippen LogP contribution >= 0.6 is 0 Å². The Bertz CT molecular complexity index is 1060. The Morgan fingerprint density at radius 3 is 2.19 bits per heavy atom. The number of sulfonamides is 1. The zero-order valence-corrected chi connectivity index (χ0v) is 18.4. The summed E-state index contributed by atoms with van der Waals surface area (Å²) in [5.41, 5.74) is 1.39. The fourth-order valence-electron chi connectivity index (χ4n) is 4.48. The summed E-state index contributed by atoms with van der Waals surface area (Å²) in [6, 6.07) is 8.42. The highest BCUT2D eigenvalue weighted by molar-refractivity contribution is 7.89. The largest absolute Gasteiger partial charge is 0.389 e. The molecule has 10 heteroatoms. The van der Waals surface area contributed by atoms with Gasteiger partial charge < -0.3 is 4.90 Å². The molecule has 2 aliphatic heterocycles. The zero-order valence-electron chi connectivity index (χ0n) is 17.6. The van der Waals surface area contributed by atoms with Crippen molar-refractivity contribution in [2.45, 2.75) is 43.2 Å². The number of aryl methyl sites for hydroxylation is 1. The number of hydrogen-bond acceptors (Lipinski definition) is 5.